The first-order chi connectivity index (χ1) is 11.3. The monoisotopic (exact) mass is 304 g/mol. The number of pyridine rings is 2. The van der Waals surface area contributed by atoms with Gasteiger partial charge in [-0.1, -0.05) is 0 Å². The molecule has 0 bridgehead atoms. The van der Waals surface area contributed by atoms with Crippen molar-refractivity contribution in [3.05, 3.63) is 53.2 Å². The minimum absolute atomic E-state index is 0.625. The van der Waals surface area contributed by atoms with E-state index in [1.807, 2.05) is 19.3 Å². The molecule has 1 aliphatic carbocycles. The van der Waals surface area contributed by atoms with Gasteiger partial charge in [-0.3, -0.25) is 0 Å². The fraction of sp³-hybridized carbons (Fsp3) is 0.222. The van der Waals surface area contributed by atoms with Crippen molar-refractivity contribution in [2.45, 2.75) is 19.8 Å². The zero-order chi connectivity index (χ0) is 15.8. The summed E-state index contributed by atoms with van der Waals surface area (Å²) in [6.45, 7) is 2.05. The molecule has 0 saturated heterocycles. The van der Waals surface area contributed by atoms with Gasteiger partial charge in [0.2, 0.25) is 5.88 Å². The normalized spacial score (nSPS) is 13.6. The topological polar surface area (TPSA) is 60.8 Å². The van der Waals surface area contributed by atoms with Crippen molar-refractivity contribution >= 4 is 22.7 Å². The van der Waals surface area contributed by atoms with E-state index < -0.39 is 0 Å². The number of ether oxygens (including phenoxy) is 1. The van der Waals surface area contributed by atoms with E-state index in [4.69, 9.17) is 4.74 Å². The largest absolute Gasteiger partial charge is 0.480 e. The minimum atomic E-state index is 0.625. The molecule has 0 radical (unpaired) electrons. The Morgan fingerprint density at radius 1 is 1.09 bits per heavy atom. The Balaban J connectivity index is 1.92. The predicted octanol–water partition coefficient (Wildman–Crippen LogP) is 3.22. The van der Waals surface area contributed by atoms with Gasteiger partial charge in [0.05, 0.1) is 18.4 Å². The second-order valence-electron chi connectivity index (χ2n) is 5.66. The quantitative estimate of drug-likeness (QED) is 0.727. The zero-order valence-electron chi connectivity index (χ0n) is 13.1. The summed E-state index contributed by atoms with van der Waals surface area (Å²) >= 11 is 0. The van der Waals surface area contributed by atoms with Crippen LogP contribution in [0.3, 0.4) is 0 Å². The first-order valence-corrected chi connectivity index (χ1v) is 7.56. The van der Waals surface area contributed by atoms with Crippen LogP contribution in [0.1, 0.15) is 28.8 Å². The molecule has 3 heterocycles. The van der Waals surface area contributed by atoms with E-state index in [0.717, 1.165) is 40.7 Å². The number of hydrogen-bond acceptors (Lipinski definition) is 5. The van der Waals surface area contributed by atoms with Gasteiger partial charge in [-0.25, -0.2) is 19.9 Å². The van der Waals surface area contributed by atoms with Gasteiger partial charge in [-0.2, -0.15) is 0 Å². The molecule has 23 heavy (non-hydrogen) atoms. The third-order valence-corrected chi connectivity index (χ3v) is 4.15. The van der Waals surface area contributed by atoms with Gasteiger partial charge in [0.25, 0.3) is 0 Å². The molecule has 3 aromatic heterocycles. The number of rotatable bonds is 2. The molecule has 4 rings (SSSR count). The fourth-order valence-corrected chi connectivity index (χ4v) is 3.05. The summed E-state index contributed by atoms with van der Waals surface area (Å²) in [5.74, 6) is 0.625. The second-order valence-corrected chi connectivity index (χ2v) is 5.66. The number of aromatic nitrogens is 4. The van der Waals surface area contributed by atoms with Crippen LogP contribution in [0.15, 0.2) is 30.9 Å². The predicted molar refractivity (Wildman–Crippen MR) is 89.1 cm³/mol. The van der Waals surface area contributed by atoms with Crippen LogP contribution in [0.5, 0.6) is 5.88 Å². The van der Waals surface area contributed by atoms with Crippen molar-refractivity contribution in [3.8, 4) is 5.88 Å². The van der Waals surface area contributed by atoms with E-state index in [0.29, 0.717) is 5.88 Å². The lowest BCUT2D eigenvalue weighted by molar-refractivity contribution is 0.394. The van der Waals surface area contributed by atoms with Crippen LogP contribution >= 0.6 is 0 Å². The van der Waals surface area contributed by atoms with E-state index in [-0.39, 0.29) is 0 Å². The van der Waals surface area contributed by atoms with Crippen molar-refractivity contribution in [2.75, 3.05) is 7.11 Å². The van der Waals surface area contributed by atoms with Gasteiger partial charge >= 0.3 is 0 Å². The molecule has 114 valence electrons. The highest BCUT2D eigenvalue weighted by molar-refractivity contribution is 5.96. The molecule has 5 nitrogen and oxygen atoms in total. The highest BCUT2D eigenvalue weighted by atomic mass is 16.5. The maximum absolute atomic E-state index is 5.38. The number of hydrogen-bond donors (Lipinski definition) is 0. The van der Waals surface area contributed by atoms with Crippen molar-refractivity contribution in [3.63, 3.8) is 0 Å². The molecule has 1 aliphatic rings. The van der Waals surface area contributed by atoms with Crippen LogP contribution in [0.4, 0.5) is 0 Å². The van der Waals surface area contributed by atoms with Crippen molar-refractivity contribution in [1.82, 2.24) is 19.9 Å². The molecule has 0 unspecified atom stereocenters. The van der Waals surface area contributed by atoms with E-state index in [1.54, 1.807) is 13.4 Å². The molecule has 0 spiro atoms. The van der Waals surface area contributed by atoms with E-state index in [9.17, 15) is 0 Å². The summed E-state index contributed by atoms with van der Waals surface area (Å²) in [5, 5.41) is 1.08. The van der Waals surface area contributed by atoms with E-state index >= 15 is 0 Å². The molecular weight excluding hydrogens is 288 g/mol. The lowest BCUT2D eigenvalue weighted by atomic mass is 9.90. The lowest BCUT2D eigenvalue weighted by Gasteiger charge is -2.18. The Morgan fingerprint density at radius 3 is 2.87 bits per heavy atom. The smallest absolute Gasteiger partial charge is 0.223 e. The molecule has 0 aliphatic heterocycles. The Labute approximate surface area is 134 Å². The number of methoxy groups -OCH3 is 1. The Hall–Kier alpha value is -2.82. The number of nitrogens with zero attached hydrogens (tertiary/aromatic N) is 4. The van der Waals surface area contributed by atoms with Crippen molar-refractivity contribution < 1.29 is 4.74 Å². The molecule has 0 N–H and O–H groups in total. The van der Waals surface area contributed by atoms with Crippen molar-refractivity contribution in [1.29, 1.82) is 0 Å². The van der Waals surface area contributed by atoms with Crippen LogP contribution in [0, 0.1) is 6.92 Å². The van der Waals surface area contributed by atoms with Gasteiger partial charge in [0.1, 0.15) is 6.33 Å². The summed E-state index contributed by atoms with van der Waals surface area (Å²) in [4.78, 5) is 17.4. The van der Waals surface area contributed by atoms with Crippen LogP contribution in [-0.4, -0.2) is 27.0 Å². The Morgan fingerprint density at radius 2 is 2.00 bits per heavy atom. The van der Waals surface area contributed by atoms with Crippen LogP contribution in [0.25, 0.3) is 22.7 Å². The summed E-state index contributed by atoms with van der Waals surface area (Å²) in [6, 6.07) is 4.19. The number of fused-ring (bicyclic) bond motifs is 2. The first-order valence-electron chi connectivity index (χ1n) is 7.56. The maximum Gasteiger partial charge on any atom is 0.223 e. The molecular formula is C18H16N4O. The highest BCUT2D eigenvalue weighted by Gasteiger charge is 2.18. The average Bonchev–Trinajstić information content (AvgIpc) is 2.60. The Bertz CT molecular complexity index is 933. The SMILES string of the molecule is COc1ncnc2c1C=C(c1ccnc3ncc(C)cc13)CC2. The highest BCUT2D eigenvalue weighted by Crippen LogP contribution is 2.35. The molecule has 0 saturated carbocycles. The zero-order valence-corrected chi connectivity index (χ0v) is 13.1. The minimum Gasteiger partial charge on any atom is -0.480 e. The first kappa shape index (κ1) is 13.8. The summed E-state index contributed by atoms with van der Waals surface area (Å²) in [6.07, 6.45) is 9.17. The van der Waals surface area contributed by atoms with Crippen LogP contribution < -0.4 is 4.74 Å². The summed E-state index contributed by atoms with van der Waals surface area (Å²) < 4.78 is 5.38. The fourth-order valence-electron chi connectivity index (χ4n) is 3.05. The average molecular weight is 304 g/mol. The second kappa shape index (κ2) is 5.43. The van der Waals surface area contributed by atoms with Gasteiger partial charge in [0.15, 0.2) is 5.65 Å². The molecule has 0 aromatic carbocycles. The number of allylic oxidation sites excluding steroid dienone is 1. The van der Waals surface area contributed by atoms with E-state index in [1.165, 1.54) is 11.1 Å². The molecule has 0 fully saturated rings. The molecule has 5 heteroatoms. The Kier molecular flexibility index (Phi) is 3.26. The number of aryl methyl sites for hydroxylation is 2. The standard InChI is InChI=1S/C18H16N4O/c1-11-7-14-13(5-6-19-17(14)20-9-11)12-3-4-16-15(8-12)18(23-2)22-10-21-16/h5-10H,3-4H2,1-2H3. The maximum atomic E-state index is 5.38. The van der Waals surface area contributed by atoms with Gasteiger partial charge < -0.3 is 4.74 Å². The molecule has 0 amide bonds. The van der Waals surface area contributed by atoms with Crippen LogP contribution in [-0.2, 0) is 6.42 Å². The molecule has 3 aromatic rings. The third kappa shape index (κ3) is 2.34. The van der Waals surface area contributed by atoms with E-state index in [2.05, 4.69) is 38.1 Å². The molecule has 0 atom stereocenters. The summed E-state index contributed by atoms with van der Waals surface area (Å²) in [7, 11) is 1.64. The van der Waals surface area contributed by atoms with Gasteiger partial charge in [-0.15, -0.1) is 0 Å². The van der Waals surface area contributed by atoms with Gasteiger partial charge in [-0.05, 0) is 54.7 Å². The van der Waals surface area contributed by atoms with Gasteiger partial charge in [0, 0.05) is 17.8 Å². The van der Waals surface area contributed by atoms with Crippen LogP contribution in [0.2, 0.25) is 0 Å². The summed E-state index contributed by atoms with van der Waals surface area (Å²) in [5.41, 5.74) is 6.32. The van der Waals surface area contributed by atoms with Crippen molar-refractivity contribution in [2.24, 2.45) is 0 Å². The lowest BCUT2D eigenvalue weighted by Crippen LogP contribution is -2.05. The third-order valence-electron chi connectivity index (χ3n) is 4.15.